The Bertz CT molecular complexity index is 992. The zero-order valence-corrected chi connectivity index (χ0v) is 20.2. The number of unbranched alkanes of at least 4 members (excludes halogenated alkanes) is 1. The molecule has 6 nitrogen and oxygen atoms in total. The number of amides is 2. The first kappa shape index (κ1) is 23.3. The number of carbonyl (C=O) groups is 3. The number of hydrogen-bond donors (Lipinski definition) is 1. The molecule has 182 valence electrons. The zero-order valence-electron chi connectivity index (χ0n) is 20.2. The van der Waals surface area contributed by atoms with Crippen molar-refractivity contribution in [2.24, 2.45) is 34.8 Å². The molecule has 2 bridgehead atoms. The molecular formula is C28H37N3O3. The summed E-state index contributed by atoms with van der Waals surface area (Å²) in [6.45, 7) is 6.12. The molecule has 1 heterocycles. The van der Waals surface area contributed by atoms with E-state index in [-0.39, 0.29) is 40.8 Å². The molecule has 0 radical (unpaired) electrons. The number of ketones is 1. The fourth-order valence-corrected chi connectivity index (χ4v) is 6.95. The number of carbonyl (C=O) groups excluding carboxylic acids is 3. The Morgan fingerprint density at radius 3 is 2.41 bits per heavy atom. The van der Waals surface area contributed by atoms with Crippen LogP contribution in [0.25, 0.3) is 0 Å². The lowest BCUT2D eigenvalue weighted by molar-refractivity contribution is -0.142. The molecule has 34 heavy (non-hydrogen) atoms. The molecule has 0 aromatic heterocycles. The topological polar surface area (TPSA) is 83.7 Å². The highest BCUT2D eigenvalue weighted by Crippen LogP contribution is 2.72. The van der Waals surface area contributed by atoms with Crippen LogP contribution in [0.1, 0.15) is 61.4 Å². The molecule has 4 aliphatic rings. The molecule has 1 aromatic rings. The Labute approximate surface area is 202 Å². The first-order chi connectivity index (χ1) is 16.4. The van der Waals surface area contributed by atoms with E-state index in [0.29, 0.717) is 18.7 Å². The second kappa shape index (κ2) is 9.29. The average molecular weight is 464 g/mol. The number of allylic oxidation sites excluding steroid dienone is 2. The van der Waals surface area contributed by atoms with E-state index in [1.807, 2.05) is 29.2 Å². The second-order valence-corrected chi connectivity index (χ2v) is 10.9. The highest BCUT2D eigenvalue weighted by molar-refractivity contribution is 5.94. The van der Waals surface area contributed by atoms with Crippen LogP contribution in [0.3, 0.4) is 0 Å². The van der Waals surface area contributed by atoms with Crippen LogP contribution in [0.2, 0.25) is 0 Å². The number of Topliss-reactive ketones (excluding diaryl/α,β-unsaturated/α-hetero) is 1. The third kappa shape index (κ3) is 4.21. The standard InChI is InChI=1S/C28H37N3O3/c1-19(32)21-8-6-7-20(17-21)18-31(16-5-4-15-30-13-2-3-14-30)27(34)25-23-10-9-22(24(25)26(29)33)28(23)11-12-28/h6-10,17,22-25H,2-5,11-16,18H2,1H3,(H2,29,33)/t22-,23+,24-,25-/m1/s1. The summed E-state index contributed by atoms with van der Waals surface area (Å²) >= 11 is 0. The van der Waals surface area contributed by atoms with Crippen molar-refractivity contribution < 1.29 is 14.4 Å². The molecule has 3 fully saturated rings. The van der Waals surface area contributed by atoms with Crippen molar-refractivity contribution >= 4 is 17.6 Å². The van der Waals surface area contributed by atoms with Crippen LogP contribution < -0.4 is 5.73 Å². The highest BCUT2D eigenvalue weighted by Gasteiger charge is 2.69. The van der Waals surface area contributed by atoms with Crippen molar-refractivity contribution in [3.8, 4) is 0 Å². The summed E-state index contributed by atoms with van der Waals surface area (Å²) in [5, 5.41) is 0. The molecule has 0 unspecified atom stereocenters. The Morgan fingerprint density at radius 1 is 1.06 bits per heavy atom. The molecule has 5 rings (SSSR count). The van der Waals surface area contributed by atoms with Crippen LogP contribution in [0, 0.1) is 29.1 Å². The molecule has 6 heteroatoms. The minimum absolute atomic E-state index is 0.0213. The van der Waals surface area contributed by atoms with Crippen LogP contribution in [-0.4, -0.2) is 53.6 Å². The Balaban J connectivity index is 1.34. The first-order valence-electron chi connectivity index (χ1n) is 13.0. The van der Waals surface area contributed by atoms with E-state index in [2.05, 4.69) is 17.1 Å². The lowest BCUT2D eigenvalue weighted by Crippen LogP contribution is -2.44. The van der Waals surface area contributed by atoms with E-state index in [1.165, 1.54) is 25.9 Å². The lowest BCUT2D eigenvalue weighted by atomic mass is 9.81. The molecule has 1 aromatic carbocycles. The van der Waals surface area contributed by atoms with Crippen molar-refractivity contribution in [3.05, 3.63) is 47.5 Å². The zero-order chi connectivity index (χ0) is 23.9. The van der Waals surface area contributed by atoms with Crippen molar-refractivity contribution in [2.45, 2.75) is 52.0 Å². The number of rotatable bonds is 10. The fraction of sp³-hybridized carbons (Fsp3) is 0.607. The molecule has 2 N–H and O–H groups in total. The van der Waals surface area contributed by atoms with Gasteiger partial charge in [-0.2, -0.15) is 0 Å². The summed E-state index contributed by atoms with van der Waals surface area (Å²) in [7, 11) is 0. The van der Waals surface area contributed by atoms with Gasteiger partial charge in [0.15, 0.2) is 5.78 Å². The SMILES string of the molecule is CC(=O)c1cccc(CN(CCCCN2CCCC2)C(=O)[C@H]2[C@H](C(N)=O)[C@H]3C=C[C@@H]2C32CC2)c1. The van der Waals surface area contributed by atoms with E-state index >= 15 is 0 Å². The minimum atomic E-state index is -0.402. The van der Waals surface area contributed by atoms with Gasteiger partial charge in [-0.25, -0.2) is 0 Å². The minimum Gasteiger partial charge on any atom is -0.369 e. The van der Waals surface area contributed by atoms with E-state index in [4.69, 9.17) is 5.73 Å². The van der Waals surface area contributed by atoms with Crippen molar-refractivity contribution in [2.75, 3.05) is 26.2 Å². The van der Waals surface area contributed by atoms with Crippen LogP contribution >= 0.6 is 0 Å². The first-order valence-corrected chi connectivity index (χ1v) is 13.0. The van der Waals surface area contributed by atoms with Crippen LogP contribution in [-0.2, 0) is 16.1 Å². The van der Waals surface area contributed by atoms with Gasteiger partial charge in [0.25, 0.3) is 0 Å². The van der Waals surface area contributed by atoms with Gasteiger partial charge in [0, 0.05) is 18.7 Å². The predicted molar refractivity (Wildman–Crippen MR) is 131 cm³/mol. The maximum Gasteiger partial charge on any atom is 0.227 e. The average Bonchev–Trinajstić information content (AvgIpc) is 3.18. The predicted octanol–water partition coefficient (Wildman–Crippen LogP) is 3.41. The number of primary amides is 1. The normalized spacial score (nSPS) is 28.5. The van der Waals surface area contributed by atoms with Gasteiger partial charge >= 0.3 is 0 Å². The van der Waals surface area contributed by atoms with Gasteiger partial charge in [-0.15, -0.1) is 0 Å². The second-order valence-electron chi connectivity index (χ2n) is 10.9. The molecule has 4 atom stereocenters. The monoisotopic (exact) mass is 463 g/mol. The molecule has 2 saturated carbocycles. The van der Waals surface area contributed by atoms with Gasteiger partial charge in [-0.05, 0) is 94.0 Å². The Hall–Kier alpha value is -2.47. The van der Waals surface area contributed by atoms with Crippen LogP contribution in [0.5, 0.6) is 0 Å². The smallest absolute Gasteiger partial charge is 0.227 e. The quantitative estimate of drug-likeness (QED) is 0.327. The third-order valence-corrected chi connectivity index (χ3v) is 8.82. The van der Waals surface area contributed by atoms with Gasteiger partial charge < -0.3 is 15.5 Å². The van der Waals surface area contributed by atoms with Gasteiger partial charge in [0.2, 0.25) is 11.8 Å². The summed E-state index contributed by atoms with van der Waals surface area (Å²) in [6.07, 6.45) is 11.0. The van der Waals surface area contributed by atoms with Crippen LogP contribution in [0.4, 0.5) is 0 Å². The summed E-state index contributed by atoms with van der Waals surface area (Å²) in [5.41, 5.74) is 7.58. The molecule has 1 spiro atoms. The number of likely N-dealkylation sites (tertiary alicyclic amines) is 1. The van der Waals surface area contributed by atoms with E-state index in [0.717, 1.165) is 37.8 Å². The highest BCUT2D eigenvalue weighted by atomic mass is 16.2. The number of nitrogens with two attached hydrogens (primary N) is 1. The fourth-order valence-electron chi connectivity index (χ4n) is 6.95. The number of hydrogen-bond acceptors (Lipinski definition) is 4. The van der Waals surface area contributed by atoms with Crippen LogP contribution in [0.15, 0.2) is 36.4 Å². The van der Waals surface area contributed by atoms with Gasteiger partial charge in [-0.3, -0.25) is 14.4 Å². The molecule has 3 aliphatic carbocycles. The summed E-state index contributed by atoms with van der Waals surface area (Å²) in [6, 6.07) is 7.57. The largest absolute Gasteiger partial charge is 0.369 e. The third-order valence-electron chi connectivity index (χ3n) is 8.82. The Morgan fingerprint density at radius 2 is 1.76 bits per heavy atom. The molecule has 1 aliphatic heterocycles. The van der Waals surface area contributed by atoms with E-state index < -0.39 is 5.92 Å². The maximum atomic E-state index is 14.0. The number of nitrogens with zero attached hydrogens (tertiary/aromatic N) is 2. The van der Waals surface area contributed by atoms with Gasteiger partial charge in [0.1, 0.15) is 0 Å². The molecule has 1 saturated heterocycles. The Kier molecular flexibility index (Phi) is 6.36. The maximum absolute atomic E-state index is 14.0. The summed E-state index contributed by atoms with van der Waals surface area (Å²) in [5.74, 6) is -0.784. The lowest BCUT2D eigenvalue weighted by Gasteiger charge is -2.32. The molecule has 2 amide bonds. The summed E-state index contributed by atoms with van der Waals surface area (Å²) in [4.78, 5) is 42.9. The van der Waals surface area contributed by atoms with Crippen molar-refractivity contribution in [1.82, 2.24) is 9.80 Å². The van der Waals surface area contributed by atoms with Crippen molar-refractivity contribution in [3.63, 3.8) is 0 Å². The molecular weight excluding hydrogens is 426 g/mol. The van der Waals surface area contributed by atoms with Crippen molar-refractivity contribution in [1.29, 1.82) is 0 Å². The van der Waals surface area contributed by atoms with E-state index in [1.54, 1.807) is 6.92 Å². The van der Waals surface area contributed by atoms with E-state index in [9.17, 15) is 14.4 Å². The van der Waals surface area contributed by atoms with Gasteiger partial charge in [0.05, 0.1) is 11.8 Å². The number of benzene rings is 1. The van der Waals surface area contributed by atoms with Gasteiger partial charge in [-0.1, -0.05) is 30.4 Å². The summed E-state index contributed by atoms with van der Waals surface area (Å²) < 4.78 is 0.